The van der Waals surface area contributed by atoms with E-state index in [-0.39, 0.29) is 0 Å². The van der Waals surface area contributed by atoms with Crippen LogP contribution in [0.2, 0.25) is 0 Å². The molecule has 122 valence electrons. The zero-order valence-electron chi connectivity index (χ0n) is 13.3. The lowest BCUT2D eigenvalue weighted by molar-refractivity contribution is 0.249. The lowest BCUT2D eigenvalue weighted by Crippen LogP contribution is -2.38. The van der Waals surface area contributed by atoms with Crippen LogP contribution in [0.1, 0.15) is 12.8 Å². The van der Waals surface area contributed by atoms with E-state index in [0.717, 1.165) is 29.7 Å². The van der Waals surface area contributed by atoms with Crippen molar-refractivity contribution in [2.24, 2.45) is 0 Å². The van der Waals surface area contributed by atoms with Crippen LogP contribution in [-0.2, 0) is 0 Å². The van der Waals surface area contributed by atoms with Gasteiger partial charge in [-0.2, -0.15) is 0 Å². The fraction of sp³-hybridized carbons (Fsp3) is 0.412. The first-order chi connectivity index (χ1) is 11.9. The number of rotatable bonds is 2. The average molecular weight is 322 g/mol. The highest BCUT2D eigenvalue weighted by Crippen LogP contribution is 2.28. The molecule has 0 amide bonds. The number of anilines is 1. The minimum Gasteiger partial charge on any atom is -0.403 e. The molecule has 0 radical (unpaired) electrons. The van der Waals surface area contributed by atoms with Crippen LogP contribution >= 0.6 is 0 Å². The van der Waals surface area contributed by atoms with E-state index >= 15 is 0 Å². The first kappa shape index (κ1) is 13.9. The Morgan fingerprint density at radius 2 is 1.96 bits per heavy atom. The maximum absolute atomic E-state index is 5.99. The SMILES string of the molecule is c1cnc2ncc(-c3nnc(N4CCN5CCC4CC5)o3)cc2c1. The Morgan fingerprint density at radius 3 is 2.88 bits per heavy atom. The van der Waals surface area contributed by atoms with Gasteiger partial charge < -0.3 is 14.2 Å². The van der Waals surface area contributed by atoms with Crippen LogP contribution < -0.4 is 4.90 Å². The number of nitrogens with zero attached hydrogens (tertiary/aromatic N) is 6. The summed E-state index contributed by atoms with van der Waals surface area (Å²) in [6.45, 7) is 4.36. The van der Waals surface area contributed by atoms with Crippen LogP contribution in [0.25, 0.3) is 22.5 Å². The molecular formula is C17H18N6O. The van der Waals surface area contributed by atoms with Gasteiger partial charge in [0.15, 0.2) is 5.65 Å². The first-order valence-corrected chi connectivity index (χ1v) is 8.40. The summed E-state index contributed by atoms with van der Waals surface area (Å²) in [5, 5.41) is 9.52. The van der Waals surface area contributed by atoms with Crippen molar-refractivity contribution in [3.8, 4) is 11.5 Å². The largest absolute Gasteiger partial charge is 0.403 e. The number of hydrogen-bond acceptors (Lipinski definition) is 7. The van der Waals surface area contributed by atoms with Gasteiger partial charge in [0.05, 0.1) is 5.56 Å². The Kier molecular flexibility index (Phi) is 3.19. The van der Waals surface area contributed by atoms with Crippen molar-refractivity contribution in [2.75, 3.05) is 31.1 Å². The van der Waals surface area contributed by atoms with E-state index < -0.39 is 0 Å². The highest BCUT2D eigenvalue weighted by atomic mass is 16.4. The topological polar surface area (TPSA) is 71.2 Å². The minimum atomic E-state index is 0.510. The highest BCUT2D eigenvalue weighted by Gasteiger charge is 2.31. The molecule has 7 nitrogen and oxygen atoms in total. The van der Waals surface area contributed by atoms with Crippen LogP contribution in [0.5, 0.6) is 0 Å². The van der Waals surface area contributed by atoms with Gasteiger partial charge in [-0.05, 0) is 31.0 Å². The summed E-state index contributed by atoms with van der Waals surface area (Å²) in [4.78, 5) is 13.4. The molecule has 3 saturated heterocycles. The van der Waals surface area contributed by atoms with Gasteiger partial charge in [0, 0.05) is 50.0 Å². The van der Waals surface area contributed by atoms with Crippen molar-refractivity contribution in [1.29, 1.82) is 0 Å². The summed E-state index contributed by atoms with van der Waals surface area (Å²) in [7, 11) is 0. The van der Waals surface area contributed by atoms with Gasteiger partial charge >= 0.3 is 6.01 Å². The summed E-state index contributed by atoms with van der Waals surface area (Å²) in [5.41, 5.74) is 1.55. The molecule has 0 N–H and O–H groups in total. The third-order valence-corrected chi connectivity index (χ3v) is 5.02. The fourth-order valence-electron chi connectivity index (χ4n) is 3.67. The molecule has 0 saturated carbocycles. The van der Waals surface area contributed by atoms with Gasteiger partial charge in [0.25, 0.3) is 5.89 Å². The second-order valence-electron chi connectivity index (χ2n) is 6.43. The lowest BCUT2D eigenvalue weighted by atomic mass is 10.1. The molecule has 6 heterocycles. The van der Waals surface area contributed by atoms with E-state index in [2.05, 4.69) is 30.0 Å². The highest BCUT2D eigenvalue weighted by molar-refractivity contribution is 5.78. The minimum absolute atomic E-state index is 0.510. The van der Waals surface area contributed by atoms with Gasteiger partial charge in [-0.15, -0.1) is 5.10 Å². The molecule has 2 bridgehead atoms. The van der Waals surface area contributed by atoms with E-state index in [9.17, 15) is 0 Å². The van der Waals surface area contributed by atoms with Crippen molar-refractivity contribution in [2.45, 2.75) is 18.9 Å². The van der Waals surface area contributed by atoms with E-state index in [1.807, 2.05) is 18.2 Å². The average Bonchev–Trinajstić information content (AvgIpc) is 2.94. The van der Waals surface area contributed by atoms with Crippen molar-refractivity contribution < 1.29 is 4.42 Å². The van der Waals surface area contributed by atoms with Crippen molar-refractivity contribution in [3.63, 3.8) is 0 Å². The Morgan fingerprint density at radius 1 is 1.04 bits per heavy atom. The third kappa shape index (κ3) is 2.32. The van der Waals surface area contributed by atoms with Crippen molar-refractivity contribution >= 4 is 17.0 Å². The van der Waals surface area contributed by atoms with Gasteiger partial charge in [0.1, 0.15) is 0 Å². The summed E-state index contributed by atoms with van der Waals surface area (Å²) in [6, 6.07) is 7.02. The Balaban J connectivity index is 1.47. The Bertz CT molecular complexity index is 870. The van der Waals surface area contributed by atoms with Crippen LogP contribution in [0.4, 0.5) is 6.01 Å². The molecule has 6 rings (SSSR count). The molecule has 7 heteroatoms. The first-order valence-electron chi connectivity index (χ1n) is 8.40. The molecule has 3 fully saturated rings. The van der Waals surface area contributed by atoms with Gasteiger partial charge in [-0.3, -0.25) is 0 Å². The normalized spacial score (nSPS) is 23.6. The summed E-state index contributed by atoms with van der Waals surface area (Å²) in [5.74, 6) is 0.516. The Labute approximate surface area is 139 Å². The third-order valence-electron chi connectivity index (χ3n) is 5.02. The van der Waals surface area contributed by atoms with E-state index in [4.69, 9.17) is 4.42 Å². The molecule has 3 aliphatic heterocycles. The lowest BCUT2D eigenvalue weighted by Gasteiger charge is -2.29. The number of piperidine rings is 1. The van der Waals surface area contributed by atoms with E-state index in [1.54, 1.807) is 12.4 Å². The predicted octanol–water partition coefficient (Wildman–Crippen LogP) is 1.96. The second kappa shape index (κ2) is 5.52. The number of fused-ring (bicyclic) bond motifs is 5. The summed E-state index contributed by atoms with van der Waals surface area (Å²) < 4.78 is 5.99. The van der Waals surface area contributed by atoms with E-state index in [1.165, 1.54) is 25.9 Å². The summed E-state index contributed by atoms with van der Waals surface area (Å²) in [6.07, 6.45) is 5.82. The molecule has 0 unspecified atom stereocenters. The summed E-state index contributed by atoms with van der Waals surface area (Å²) >= 11 is 0. The molecule has 3 aliphatic rings. The molecule has 0 spiro atoms. The zero-order chi connectivity index (χ0) is 15.9. The molecule has 3 aromatic heterocycles. The number of hydrogen-bond donors (Lipinski definition) is 0. The quantitative estimate of drug-likeness (QED) is 0.714. The Hall–Kier alpha value is -2.54. The fourth-order valence-corrected chi connectivity index (χ4v) is 3.67. The standard InChI is InChI=1S/C17H18N6O/c1-2-12-10-13(11-19-15(12)18-5-1)16-20-21-17(24-16)23-9-8-22-6-3-14(23)4-7-22/h1-2,5,10-11,14H,3-4,6-9H2. The molecule has 24 heavy (non-hydrogen) atoms. The van der Waals surface area contributed by atoms with Crippen LogP contribution in [0.3, 0.4) is 0 Å². The molecule has 3 aromatic rings. The molecule has 0 atom stereocenters. The van der Waals surface area contributed by atoms with Crippen LogP contribution in [-0.4, -0.2) is 57.3 Å². The van der Waals surface area contributed by atoms with Crippen LogP contribution in [0, 0.1) is 0 Å². The smallest absolute Gasteiger partial charge is 0.318 e. The van der Waals surface area contributed by atoms with Gasteiger partial charge in [-0.1, -0.05) is 5.10 Å². The molecule has 0 aliphatic carbocycles. The maximum Gasteiger partial charge on any atom is 0.318 e. The maximum atomic E-state index is 5.99. The second-order valence-corrected chi connectivity index (χ2v) is 6.43. The number of aromatic nitrogens is 4. The van der Waals surface area contributed by atoms with Crippen LogP contribution in [0.15, 0.2) is 35.0 Å². The van der Waals surface area contributed by atoms with Gasteiger partial charge in [0.2, 0.25) is 0 Å². The molecular weight excluding hydrogens is 304 g/mol. The van der Waals surface area contributed by atoms with E-state index in [0.29, 0.717) is 17.9 Å². The zero-order valence-corrected chi connectivity index (χ0v) is 13.3. The molecule has 0 aromatic carbocycles. The predicted molar refractivity (Wildman–Crippen MR) is 89.6 cm³/mol. The van der Waals surface area contributed by atoms with Crippen molar-refractivity contribution in [3.05, 3.63) is 30.6 Å². The number of pyridine rings is 2. The monoisotopic (exact) mass is 322 g/mol. The van der Waals surface area contributed by atoms with Crippen molar-refractivity contribution in [1.82, 2.24) is 25.1 Å². The van der Waals surface area contributed by atoms with Gasteiger partial charge in [-0.25, -0.2) is 9.97 Å².